The number of quaternary nitrogens is 1. The zero-order valence-corrected chi connectivity index (χ0v) is 13.5. The second-order valence-electron chi connectivity index (χ2n) is 5.84. The van der Waals surface area contributed by atoms with Crippen molar-refractivity contribution in [1.82, 2.24) is 15.3 Å². The second kappa shape index (κ2) is 7.74. The van der Waals surface area contributed by atoms with Gasteiger partial charge in [-0.2, -0.15) is 0 Å². The molecule has 7 nitrogen and oxygen atoms in total. The Balaban J connectivity index is 1.80. The molecule has 2 aliphatic heterocycles. The van der Waals surface area contributed by atoms with Crippen molar-refractivity contribution in [2.45, 2.75) is 6.42 Å². The zero-order valence-electron chi connectivity index (χ0n) is 13.5. The number of anilines is 1. The molecule has 1 saturated heterocycles. The van der Waals surface area contributed by atoms with Crippen LogP contribution in [-0.2, 0) is 4.79 Å². The summed E-state index contributed by atoms with van der Waals surface area (Å²) >= 11 is 0. The number of carboxylic acids is 1. The summed E-state index contributed by atoms with van der Waals surface area (Å²) in [6.45, 7) is 4.85. The van der Waals surface area contributed by atoms with Gasteiger partial charge in [-0.15, -0.1) is 0 Å². The lowest BCUT2D eigenvalue weighted by atomic mass is 10.1. The summed E-state index contributed by atoms with van der Waals surface area (Å²) in [7, 11) is 0. The van der Waals surface area contributed by atoms with Crippen LogP contribution in [0.25, 0.3) is 5.57 Å². The highest BCUT2D eigenvalue weighted by Gasteiger charge is 2.15. The topological polar surface area (TPSA) is 95.0 Å². The van der Waals surface area contributed by atoms with Crippen molar-refractivity contribution < 1.29 is 15.2 Å². The van der Waals surface area contributed by atoms with Crippen molar-refractivity contribution in [1.29, 1.82) is 0 Å². The van der Waals surface area contributed by atoms with E-state index >= 15 is 0 Å². The van der Waals surface area contributed by atoms with E-state index < -0.39 is 5.97 Å². The van der Waals surface area contributed by atoms with Crippen LogP contribution in [0.5, 0.6) is 0 Å². The first-order valence-corrected chi connectivity index (χ1v) is 8.16. The highest BCUT2D eigenvalue weighted by molar-refractivity contribution is 5.81. The Hall–Kier alpha value is -2.67. The molecule has 7 heteroatoms. The van der Waals surface area contributed by atoms with Crippen LogP contribution in [0, 0.1) is 0 Å². The monoisotopic (exact) mass is 328 g/mol. The smallest absolute Gasteiger partial charge is 0.328 e. The summed E-state index contributed by atoms with van der Waals surface area (Å²) in [6.07, 6.45) is 11.1. The summed E-state index contributed by atoms with van der Waals surface area (Å²) in [5, 5.41) is 14.2. The molecule has 3 rings (SSSR count). The van der Waals surface area contributed by atoms with Gasteiger partial charge in [0.25, 0.3) is 0 Å². The highest BCUT2D eigenvalue weighted by atomic mass is 16.4. The van der Waals surface area contributed by atoms with Crippen molar-refractivity contribution in [3.05, 3.63) is 48.1 Å². The maximum absolute atomic E-state index is 10.7. The minimum absolute atomic E-state index is 0.649. The summed E-state index contributed by atoms with van der Waals surface area (Å²) in [6, 6.07) is 0. The summed E-state index contributed by atoms with van der Waals surface area (Å²) in [4.78, 5) is 22.0. The number of nitrogens with two attached hydrogens (primary N) is 1. The lowest BCUT2D eigenvalue weighted by Crippen LogP contribution is -2.84. The van der Waals surface area contributed by atoms with Gasteiger partial charge in [0, 0.05) is 31.8 Å². The number of hydrogen-bond donors (Lipinski definition) is 3. The van der Waals surface area contributed by atoms with Crippen LogP contribution in [0.4, 0.5) is 5.82 Å². The lowest BCUT2D eigenvalue weighted by molar-refractivity contribution is -0.650. The van der Waals surface area contributed by atoms with Crippen LogP contribution in [0.15, 0.2) is 42.4 Å². The van der Waals surface area contributed by atoms with Crippen LogP contribution in [0.3, 0.4) is 0 Å². The molecule has 3 heterocycles. The van der Waals surface area contributed by atoms with Crippen LogP contribution in [0.2, 0.25) is 0 Å². The number of aromatic nitrogens is 2. The third kappa shape index (κ3) is 4.20. The van der Waals surface area contributed by atoms with Crippen molar-refractivity contribution in [3.63, 3.8) is 0 Å². The van der Waals surface area contributed by atoms with Gasteiger partial charge in [-0.1, -0.05) is 0 Å². The Morgan fingerprint density at radius 3 is 3.12 bits per heavy atom. The van der Waals surface area contributed by atoms with E-state index in [-0.39, 0.29) is 0 Å². The molecule has 0 spiro atoms. The molecule has 0 radical (unpaired) electrons. The number of nitrogens with one attached hydrogen (secondary N) is 1. The van der Waals surface area contributed by atoms with Gasteiger partial charge in [-0.05, 0) is 23.3 Å². The van der Waals surface area contributed by atoms with E-state index in [1.54, 1.807) is 18.5 Å². The van der Waals surface area contributed by atoms with Crippen molar-refractivity contribution >= 4 is 17.4 Å². The van der Waals surface area contributed by atoms with E-state index in [0.29, 0.717) is 6.54 Å². The third-order valence-electron chi connectivity index (χ3n) is 4.03. The maximum Gasteiger partial charge on any atom is 0.328 e. The number of dihydropyridines is 1. The Bertz CT molecular complexity index is 688. The van der Waals surface area contributed by atoms with E-state index in [0.717, 1.165) is 61.3 Å². The van der Waals surface area contributed by atoms with Crippen molar-refractivity contribution in [2.24, 2.45) is 0 Å². The lowest BCUT2D eigenvalue weighted by Gasteiger charge is -2.21. The number of carboxylic acid groups (broad SMARTS) is 1. The Morgan fingerprint density at radius 2 is 2.25 bits per heavy atom. The number of hydrogen-bond acceptors (Lipinski definition) is 5. The SMILES string of the molecule is O=C(O)C=CC1=CNCC(c2cncc(N3CCC[NH2+]CC3)n2)=C1. The molecular weight excluding hydrogens is 306 g/mol. The molecule has 1 fully saturated rings. The average molecular weight is 328 g/mol. The molecule has 1 aromatic heterocycles. The molecular formula is C17H22N5O2+. The van der Waals surface area contributed by atoms with E-state index in [1.807, 2.05) is 12.3 Å². The standard InChI is InChI=1S/C17H21N5O2/c23-17(24)3-2-13-8-14(10-19-9-13)15-11-20-12-16(21-15)22-6-1-4-18-5-7-22/h2-3,8-9,11-12,18-19H,1,4-7,10H2,(H,23,24)/p+1. The predicted octanol–water partition coefficient (Wildman–Crippen LogP) is -0.239. The first kappa shape index (κ1) is 16.2. The number of allylic oxidation sites excluding steroid dienone is 3. The fourth-order valence-electron chi connectivity index (χ4n) is 2.82. The van der Waals surface area contributed by atoms with Gasteiger partial charge in [0.2, 0.25) is 0 Å². The summed E-state index contributed by atoms with van der Waals surface area (Å²) in [5.41, 5.74) is 2.62. The fraction of sp³-hybridized carbons (Fsp3) is 0.353. The van der Waals surface area contributed by atoms with Gasteiger partial charge in [-0.25, -0.2) is 9.78 Å². The molecule has 4 N–H and O–H groups in total. The molecule has 2 aliphatic rings. The molecule has 0 amide bonds. The van der Waals surface area contributed by atoms with Crippen LogP contribution < -0.4 is 15.5 Å². The first-order valence-electron chi connectivity index (χ1n) is 8.16. The van der Waals surface area contributed by atoms with Gasteiger partial charge in [0.05, 0.1) is 37.7 Å². The van der Waals surface area contributed by atoms with Gasteiger partial charge < -0.3 is 20.6 Å². The average Bonchev–Trinajstić information content (AvgIpc) is 2.90. The third-order valence-corrected chi connectivity index (χ3v) is 4.03. The molecule has 1 aromatic rings. The van der Waals surface area contributed by atoms with E-state index in [1.165, 1.54) is 0 Å². The van der Waals surface area contributed by atoms with Crippen molar-refractivity contribution in [2.75, 3.05) is 37.6 Å². The van der Waals surface area contributed by atoms with Crippen LogP contribution in [0.1, 0.15) is 12.1 Å². The molecule has 0 unspecified atom stereocenters. The Kier molecular flexibility index (Phi) is 5.22. The van der Waals surface area contributed by atoms with E-state index in [9.17, 15) is 4.79 Å². The zero-order chi connectivity index (χ0) is 16.8. The van der Waals surface area contributed by atoms with Gasteiger partial charge >= 0.3 is 5.97 Å². The van der Waals surface area contributed by atoms with E-state index in [4.69, 9.17) is 10.1 Å². The molecule has 0 atom stereocenters. The van der Waals surface area contributed by atoms with Gasteiger partial charge in [0.15, 0.2) is 0 Å². The summed E-state index contributed by atoms with van der Waals surface area (Å²) in [5.74, 6) is -0.0583. The van der Waals surface area contributed by atoms with E-state index in [2.05, 4.69) is 20.5 Å². The number of aliphatic carboxylic acids is 1. The normalized spacial score (nSPS) is 18.6. The van der Waals surface area contributed by atoms with Crippen molar-refractivity contribution in [3.8, 4) is 0 Å². The Morgan fingerprint density at radius 1 is 1.33 bits per heavy atom. The van der Waals surface area contributed by atoms with Gasteiger partial charge in [-0.3, -0.25) is 4.98 Å². The molecule has 126 valence electrons. The molecule has 24 heavy (non-hydrogen) atoms. The number of carbonyl (C=O) groups is 1. The molecule has 0 aromatic carbocycles. The summed E-state index contributed by atoms with van der Waals surface area (Å²) < 4.78 is 0. The molecule has 0 aliphatic carbocycles. The second-order valence-corrected chi connectivity index (χ2v) is 5.84. The van der Waals surface area contributed by atoms with Crippen LogP contribution >= 0.6 is 0 Å². The largest absolute Gasteiger partial charge is 0.478 e. The molecule has 0 saturated carbocycles. The minimum Gasteiger partial charge on any atom is -0.478 e. The Labute approximate surface area is 140 Å². The fourth-order valence-corrected chi connectivity index (χ4v) is 2.82. The predicted molar refractivity (Wildman–Crippen MR) is 91.4 cm³/mol. The number of rotatable bonds is 4. The number of nitrogens with zero attached hydrogens (tertiary/aromatic N) is 3. The molecule has 0 bridgehead atoms. The minimum atomic E-state index is -0.962. The van der Waals surface area contributed by atoms with Gasteiger partial charge in [0.1, 0.15) is 5.82 Å². The quantitative estimate of drug-likeness (QED) is 0.661. The van der Waals surface area contributed by atoms with Crippen LogP contribution in [-0.4, -0.2) is 53.8 Å². The first-order chi connectivity index (χ1) is 11.7. The maximum atomic E-state index is 10.7. The highest BCUT2D eigenvalue weighted by Crippen LogP contribution is 2.20.